The highest BCUT2D eigenvalue weighted by atomic mass is 32.1. The Bertz CT molecular complexity index is 434. The molecule has 0 unspecified atom stereocenters. The fourth-order valence-corrected chi connectivity index (χ4v) is 2.36. The average Bonchev–Trinajstić information content (AvgIpc) is 2.41. The number of rotatable bonds is 0. The summed E-state index contributed by atoms with van der Waals surface area (Å²) in [6.07, 6.45) is 0. The van der Waals surface area contributed by atoms with Gasteiger partial charge in [0.1, 0.15) is 0 Å². The Morgan fingerprint density at radius 1 is 1.25 bits per heavy atom. The van der Waals surface area contributed by atoms with Gasteiger partial charge >= 0.3 is 0 Å². The highest BCUT2D eigenvalue weighted by molar-refractivity contribution is 7.80. The fraction of sp³-hybridized carbons (Fsp3) is 0. The van der Waals surface area contributed by atoms with Gasteiger partial charge in [0.15, 0.2) is 11.5 Å². The van der Waals surface area contributed by atoms with Crippen LogP contribution in [-0.2, 0) is 0 Å². The number of thiol groups is 1. The number of hydrogen-bond donors (Lipinski definition) is 3. The van der Waals surface area contributed by atoms with Crippen molar-refractivity contribution in [1.82, 2.24) is 0 Å². The summed E-state index contributed by atoms with van der Waals surface area (Å²) in [5.74, 6) is -0.143. The lowest BCUT2D eigenvalue weighted by Gasteiger charge is -1.97. The van der Waals surface area contributed by atoms with Crippen LogP contribution in [0.25, 0.3) is 10.1 Å². The highest BCUT2D eigenvalue weighted by Gasteiger charge is 2.08. The molecule has 0 fully saturated rings. The second-order valence-corrected chi connectivity index (χ2v) is 3.79. The van der Waals surface area contributed by atoms with Crippen molar-refractivity contribution < 1.29 is 10.2 Å². The van der Waals surface area contributed by atoms with E-state index in [0.29, 0.717) is 4.70 Å². The molecule has 0 saturated heterocycles. The third-order valence-corrected chi connectivity index (χ3v) is 3.22. The highest BCUT2D eigenvalue weighted by Crippen LogP contribution is 2.39. The molecule has 0 saturated carbocycles. The molecule has 4 heteroatoms. The monoisotopic (exact) mass is 198 g/mol. The summed E-state index contributed by atoms with van der Waals surface area (Å²) in [5.41, 5.74) is 0. The van der Waals surface area contributed by atoms with E-state index in [9.17, 15) is 5.11 Å². The van der Waals surface area contributed by atoms with Crippen LogP contribution in [0.1, 0.15) is 0 Å². The van der Waals surface area contributed by atoms with Crippen molar-refractivity contribution in [2.24, 2.45) is 0 Å². The molecular weight excluding hydrogens is 192 g/mol. The molecule has 2 nitrogen and oxygen atoms in total. The van der Waals surface area contributed by atoms with Crippen LogP contribution in [0.2, 0.25) is 0 Å². The van der Waals surface area contributed by atoms with Crippen molar-refractivity contribution in [1.29, 1.82) is 0 Å². The number of phenolic OH excluding ortho intramolecular Hbond substituents is 2. The van der Waals surface area contributed by atoms with Crippen molar-refractivity contribution in [3.63, 3.8) is 0 Å². The summed E-state index contributed by atoms with van der Waals surface area (Å²) in [5, 5.41) is 21.3. The van der Waals surface area contributed by atoms with Crippen LogP contribution in [0.4, 0.5) is 0 Å². The first-order valence-electron chi connectivity index (χ1n) is 3.31. The zero-order chi connectivity index (χ0) is 8.72. The fourth-order valence-electron chi connectivity index (χ4n) is 1.06. The first kappa shape index (κ1) is 7.76. The van der Waals surface area contributed by atoms with Gasteiger partial charge in [-0.2, -0.15) is 0 Å². The van der Waals surface area contributed by atoms with Gasteiger partial charge in [0.05, 0.1) is 4.70 Å². The summed E-state index contributed by atoms with van der Waals surface area (Å²) < 4.78 is 0.681. The van der Waals surface area contributed by atoms with Crippen LogP contribution in [0, 0.1) is 0 Å². The molecule has 0 aliphatic carbocycles. The molecule has 1 aromatic carbocycles. The van der Waals surface area contributed by atoms with Crippen molar-refractivity contribution in [3.05, 3.63) is 17.5 Å². The Morgan fingerprint density at radius 2 is 2.00 bits per heavy atom. The van der Waals surface area contributed by atoms with Gasteiger partial charge in [-0.3, -0.25) is 0 Å². The lowest BCUT2D eigenvalue weighted by molar-refractivity contribution is 0.409. The van der Waals surface area contributed by atoms with Gasteiger partial charge in [-0.25, -0.2) is 0 Å². The van der Waals surface area contributed by atoms with E-state index in [-0.39, 0.29) is 11.5 Å². The molecule has 0 atom stereocenters. The molecule has 0 aliphatic rings. The molecule has 0 aliphatic heterocycles. The molecule has 0 bridgehead atoms. The second kappa shape index (κ2) is 2.57. The SMILES string of the molecule is Oc1ccc2c(S)csc2c1O. The number of phenols is 2. The Labute approximate surface area is 78.5 Å². The smallest absolute Gasteiger partial charge is 0.175 e. The number of fused-ring (bicyclic) bond motifs is 1. The number of thiophene rings is 1. The molecule has 12 heavy (non-hydrogen) atoms. The van der Waals surface area contributed by atoms with Gasteiger partial charge in [-0.15, -0.1) is 24.0 Å². The van der Waals surface area contributed by atoms with E-state index in [4.69, 9.17) is 5.11 Å². The minimum absolute atomic E-state index is 0.0576. The zero-order valence-electron chi connectivity index (χ0n) is 5.98. The molecule has 62 valence electrons. The maximum Gasteiger partial charge on any atom is 0.175 e. The van der Waals surface area contributed by atoms with Gasteiger partial charge in [0.2, 0.25) is 0 Å². The van der Waals surface area contributed by atoms with Gasteiger partial charge < -0.3 is 10.2 Å². The number of hydrogen-bond acceptors (Lipinski definition) is 4. The summed E-state index contributed by atoms with van der Waals surface area (Å²) in [7, 11) is 0. The average molecular weight is 198 g/mol. The summed E-state index contributed by atoms with van der Waals surface area (Å²) in [6, 6.07) is 3.20. The van der Waals surface area contributed by atoms with E-state index < -0.39 is 0 Å². The Kier molecular flexibility index (Phi) is 1.66. The van der Waals surface area contributed by atoms with Crippen LogP contribution in [0.5, 0.6) is 11.5 Å². The van der Waals surface area contributed by atoms with Gasteiger partial charge in [0, 0.05) is 15.7 Å². The summed E-state index contributed by atoms with van der Waals surface area (Å²) >= 11 is 5.57. The third kappa shape index (κ3) is 0.956. The van der Waals surface area contributed by atoms with Crippen LogP contribution in [0.3, 0.4) is 0 Å². The standard InChI is InChI=1S/C8H6O2S2/c9-5-2-1-4-6(11)3-12-8(4)7(5)10/h1-3,9-11H. The molecule has 1 aromatic heterocycles. The van der Waals surface area contributed by atoms with Crippen molar-refractivity contribution >= 4 is 34.1 Å². The molecule has 0 radical (unpaired) electrons. The third-order valence-electron chi connectivity index (χ3n) is 1.67. The number of aromatic hydroxyl groups is 2. The predicted molar refractivity (Wildman–Crippen MR) is 52.4 cm³/mol. The summed E-state index contributed by atoms with van der Waals surface area (Å²) in [4.78, 5) is 0.824. The molecule has 1 heterocycles. The molecule has 0 amide bonds. The largest absolute Gasteiger partial charge is 0.504 e. The molecule has 2 N–H and O–H groups in total. The van der Waals surface area contributed by atoms with Crippen LogP contribution < -0.4 is 0 Å². The normalized spacial score (nSPS) is 10.8. The van der Waals surface area contributed by atoms with E-state index in [0.717, 1.165) is 10.3 Å². The topological polar surface area (TPSA) is 40.5 Å². The quantitative estimate of drug-likeness (QED) is 0.450. The maximum atomic E-state index is 9.40. The van der Waals surface area contributed by atoms with Crippen LogP contribution >= 0.6 is 24.0 Å². The number of benzene rings is 1. The van der Waals surface area contributed by atoms with Crippen molar-refractivity contribution in [2.75, 3.05) is 0 Å². The molecule has 2 aromatic rings. The van der Waals surface area contributed by atoms with Gasteiger partial charge in [0.25, 0.3) is 0 Å². The molecular formula is C8H6O2S2. The van der Waals surface area contributed by atoms with Crippen LogP contribution in [-0.4, -0.2) is 10.2 Å². The van der Waals surface area contributed by atoms with Crippen LogP contribution in [0.15, 0.2) is 22.4 Å². The van der Waals surface area contributed by atoms with E-state index in [2.05, 4.69) is 12.6 Å². The van der Waals surface area contributed by atoms with E-state index >= 15 is 0 Å². The van der Waals surface area contributed by atoms with E-state index in [1.54, 1.807) is 6.07 Å². The van der Waals surface area contributed by atoms with Gasteiger partial charge in [-0.05, 0) is 12.1 Å². The lowest BCUT2D eigenvalue weighted by Crippen LogP contribution is -1.68. The Morgan fingerprint density at radius 3 is 2.75 bits per heavy atom. The Hall–Kier alpha value is -0.870. The predicted octanol–water partition coefficient (Wildman–Crippen LogP) is 2.60. The van der Waals surface area contributed by atoms with E-state index in [1.807, 2.05) is 5.38 Å². The maximum absolute atomic E-state index is 9.40. The first-order chi connectivity index (χ1) is 5.70. The first-order valence-corrected chi connectivity index (χ1v) is 4.64. The lowest BCUT2D eigenvalue weighted by atomic mass is 10.2. The molecule has 2 rings (SSSR count). The van der Waals surface area contributed by atoms with Crippen molar-refractivity contribution in [2.45, 2.75) is 4.90 Å². The summed E-state index contributed by atoms with van der Waals surface area (Å²) in [6.45, 7) is 0. The Balaban J connectivity index is 2.93. The molecule has 0 spiro atoms. The van der Waals surface area contributed by atoms with Crippen molar-refractivity contribution in [3.8, 4) is 11.5 Å². The zero-order valence-corrected chi connectivity index (χ0v) is 7.69. The second-order valence-electron chi connectivity index (χ2n) is 2.43. The minimum Gasteiger partial charge on any atom is -0.504 e. The van der Waals surface area contributed by atoms with Gasteiger partial charge in [-0.1, -0.05) is 0 Å². The minimum atomic E-state index is -0.0855. The van der Waals surface area contributed by atoms with E-state index in [1.165, 1.54) is 17.4 Å².